The summed E-state index contributed by atoms with van der Waals surface area (Å²) in [5.74, 6) is 0. The molecular formula is C7H19N3. The first-order chi connectivity index (χ1) is 4.63. The monoisotopic (exact) mass is 145 g/mol. The molecule has 0 aliphatic heterocycles. The summed E-state index contributed by atoms with van der Waals surface area (Å²) in [6, 6.07) is 0.0555. The molecule has 0 fully saturated rings. The van der Waals surface area contributed by atoms with Crippen molar-refractivity contribution in [3.8, 4) is 0 Å². The second kappa shape index (κ2) is 4.66. The lowest BCUT2D eigenvalue weighted by Crippen LogP contribution is -2.52. The summed E-state index contributed by atoms with van der Waals surface area (Å²) in [5.41, 5.74) is 17.1. The highest BCUT2D eigenvalue weighted by atomic mass is 14.8. The molecule has 0 radical (unpaired) electrons. The maximum absolute atomic E-state index is 5.73. The van der Waals surface area contributed by atoms with Crippen LogP contribution in [0.4, 0.5) is 0 Å². The normalized spacial score (nSPS) is 20.1. The number of hydrogen-bond donors (Lipinski definition) is 3. The van der Waals surface area contributed by atoms with E-state index >= 15 is 0 Å². The minimum atomic E-state index is -0.0463. The summed E-state index contributed by atoms with van der Waals surface area (Å²) in [4.78, 5) is 0. The molecule has 0 aromatic rings. The lowest BCUT2D eigenvalue weighted by molar-refractivity contribution is 0.426. The van der Waals surface area contributed by atoms with Gasteiger partial charge < -0.3 is 17.2 Å². The van der Waals surface area contributed by atoms with Gasteiger partial charge in [0.15, 0.2) is 0 Å². The van der Waals surface area contributed by atoms with Crippen molar-refractivity contribution in [1.29, 1.82) is 0 Å². The van der Waals surface area contributed by atoms with Crippen LogP contribution >= 0.6 is 0 Å². The molecule has 0 bridgehead atoms. The molecule has 3 nitrogen and oxygen atoms in total. The van der Waals surface area contributed by atoms with Gasteiger partial charge in [-0.1, -0.05) is 13.8 Å². The van der Waals surface area contributed by atoms with E-state index in [-0.39, 0.29) is 18.1 Å². The van der Waals surface area contributed by atoms with Crippen LogP contribution in [-0.2, 0) is 0 Å². The van der Waals surface area contributed by atoms with Crippen molar-refractivity contribution in [3.63, 3.8) is 0 Å². The fourth-order valence-electron chi connectivity index (χ4n) is 0.862. The molecule has 10 heavy (non-hydrogen) atoms. The van der Waals surface area contributed by atoms with E-state index < -0.39 is 0 Å². The van der Waals surface area contributed by atoms with Crippen LogP contribution in [0.3, 0.4) is 0 Å². The van der Waals surface area contributed by atoms with Gasteiger partial charge in [0.2, 0.25) is 0 Å². The molecule has 0 amide bonds. The van der Waals surface area contributed by atoms with Crippen LogP contribution < -0.4 is 17.2 Å². The number of hydrogen-bond acceptors (Lipinski definition) is 3. The van der Waals surface area contributed by atoms with Crippen LogP contribution in [0.5, 0.6) is 0 Å². The Labute approximate surface area is 62.9 Å². The molecule has 0 aliphatic rings. The van der Waals surface area contributed by atoms with E-state index in [4.69, 9.17) is 17.2 Å². The van der Waals surface area contributed by atoms with Crippen LogP contribution in [-0.4, -0.2) is 18.1 Å². The van der Waals surface area contributed by atoms with Crippen molar-refractivity contribution in [2.45, 2.75) is 44.8 Å². The lowest BCUT2D eigenvalue weighted by atomic mass is 9.99. The summed E-state index contributed by atoms with van der Waals surface area (Å²) < 4.78 is 0. The Balaban J connectivity index is 3.69. The predicted molar refractivity (Wildman–Crippen MR) is 44.5 cm³/mol. The van der Waals surface area contributed by atoms with E-state index in [1.165, 1.54) is 0 Å². The van der Waals surface area contributed by atoms with Gasteiger partial charge in [-0.3, -0.25) is 0 Å². The van der Waals surface area contributed by atoms with Crippen molar-refractivity contribution >= 4 is 0 Å². The number of nitrogens with two attached hydrogens (primary N) is 3. The SMILES string of the molecule is CCC(N)C(N)C(N)CC. The smallest absolute Gasteiger partial charge is 0.0346 e. The van der Waals surface area contributed by atoms with Crippen molar-refractivity contribution in [2.75, 3.05) is 0 Å². The van der Waals surface area contributed by atoms with Crippen LogP contribution in [0.1, 0.15) is 26.7 Å². The van der Waals surface area contributed by atoms with Crippen molar-refractivity contribution < 1.29 is 0 Å². The van der Waals surface area contributed by atoms with Gasteiger partial charge in [-0.2, -0.15) is 0 Å². The van der Waals surface area contributed by atoms with Gasteiger partial charge in [-0.05, 0) is 12.8 Å². The molecule has 0 rings (SSSR count). The second-order valence-electron chi connectivity index (χ2n) is 2.72. The largest absolute Gasteiger partial charge is 0.326 e. The number of rotatable bonds is 4. The van der Waals surface area contributed by atoms with Crippen molar-refractivity contribution in [2.24, 2.45) is 17.2 Å². The Morgan fingerprint density at radius 1 is 0.900 bits per heavy atom. The minimum Gasteiger partial charge on any atom is -0.326 e. The topological polar surface area (TPSA) is 78.1 Å². The molecule has 6 N–H and O–H groups in total. The van der Waals surface area contributed by atoms with E-state index in [0.717, 1.165) is 12.8 Å². The highest BCUT2D eigenvalue weighted by molar-refractivity contribution is 4.83. The maximum Gasteiger partial charge on any atom is 0.0346 e. The molecule has 0 heterocycles. The van der Waals surface area contributed by atoms with E-state index in [2.05, 4.69) is 0 Å². The van der Waals surface area contributed by atoms with Gasteiger partial charge in [-0.15, -0.1) is 0 Å². The third-order valence-corrected chi connectivity index (χ3v) is 1.93. The molecule has 0 aromatic heterocycles. The van der Waals surface area contributed by atoms with Crippen molar-refractivity contribution in [3.05, 3.63) is 0 Å². The van der Waals surface area contributed by atoms with Gasteiger partial charge in [0, 0.05) is 18.1 Å². The summed E-state index contributed by atoms with van der Waals surface area (Å²) >= 11 is 0. The zero-order valence-corrected chi connectivity index (χ0v) is 6.88. The highest BCUT2D eigenvalue weighted by Crippen LogP contribution is 1.99. The molecule has 0 saturated carbocycles. The van der Waals surface area contributed by atoms with Gasteiger partial charge in [0.05, 0.1) is 0 Å². The summed E-state index contributed by atoms with van der Waals surface area (Å²) in [6.07, 6.45) is 1.80. The summed E-state index contributed by atoms with van der Waals surface area (Å²) in [6.45, 7) is 4.04. The molecule has 2 unspecified atom stereocenters. The first-order valence-electron chi connectivity index (χ1n) is 3.90. The molecular weight excluding hydrogens is 126 g/mol. The summed E-state index contributed by atoms with van der Waals surface area (Å²) in [5, 5.41) is 0. The van der Waals surface area contributed by atoms with Crippen LogP contribution in [0, 0.1) is 0 Å². The molecule has 0 aromatic carbocycles. The fourth-order valence-corrected chi connectivity index (χ4v) is 0.862. The van der Waals surface area contributed by atoms with E-state index in [1.54, 1.807) is 0 Å². The Morgan fingerprint density at radius 3 is 1.40 bits per heavy atom. The molecule has 0 aliphatic carbocycles. The minimum absolute atomic E-state index is 0.0463. The second-order valence-corrected chi connectivity index (χ2v) is 2.72. The predicted octanol–water partition coefficient (Wildman–Crippen LogP) is -0.212. The fraction of sp³-hybridized carbons (Fsp3) is 1.00. The Kier molecular flexibility index (Phi) is 4.60. The first kappa shape index (κ1) is 9.88. The van der Waals surface area contributed by atoms with E-state index in [0.29, 0.717) is 0 Å². The molecule has 0 spiro atoms. The van der Waals surface area contributed by atoms with Crippen molar-refractivity contribution in [1.82, 2.24) is 0 Å². The molecule has 2 atom stereocenters. The average Bonchev–Trinajstić information content (AvgIpc) is 2.00. The van der Waals surface area contributed by atoms with E-state index in [9.17, 15) is 0 Å². The molecule has 3 heteroatoms. The van der Waals surface area contributed by atoms with Gasteiger partial charge >= 0.3 is 0 Å². The zero-order chi connectivity index (χ0) is 8.15. The van der Waals surface area contributed by atoms with Gasteiger partial charge in [0.1, 0.15) is 0 Å². The first-order valence-corrected chi connectivity index (χ1v) is 3.90. The Bertz CT molecular complexity index is 74.9. The zero-order valence-electron chi connectivity index (χ0n) is 6.88. The molecule has 0 saturated heterocycles. The summed E-state index contributed by atoms with van der Waals surface area (Å²) in [7, 11) is 0. The lowest BCUT2D eigenvalue weighted by Gasteiger charge is -2.23. The van der Waals surface area contributed by atoms with Gasteiger partial charge in [0.25, 0.3) is 0 Å². The third-order valence-electron chi connectivity index (χ3n) is 1.93. The van der Waals surface area contributed by atoms with Crippen LogP contribution in [0.15, 0.2) is 0 Å². The van der Waals surface area contributed by atoms with Crippen LogP contribution in [0.2, 0.25) is 0 Å². The molecule has 62 valence electrons. The standard InChI is InChI=1S/C7H19N3/c1-3-5(8)7(10)6(9)4-2/h5-7H,3-4,8-10H2,1-2H3. The Morgan fingerprint density at radius 2 is 1.20 bits per heavy atom. The maximum atomic E-state index is 5.73. The highest BCUT2D eigenvalue weighted by Gasteiger charge is 2.16. The average molecular weight is 145 g/mol. The quantitative estimate of drug-likeness (QED) is 0.512. The Hall–Kier alpha value is -0.120. The van der Waals surface area contributed by atoms with E-state index in [1.807, 2.05) is 13.8 Å². The third kappa shape index (κ3) is 2.64. The van der Waals surface area contributed by atoms with Gasteiger partial charge in [-0.25, -0.2) is 0 Å². The van der Waals surface area contributed by atoms with Crippen LogP contribution in [0.25, 0.3) is 0 Å².